The normalized spacial score (nSPS) is 12.4. The van der Waals surface area contributed by atoms with Crippen molar-refractivity contribution < 1.29 is 28.6 Å². The topological polar surface area (TPSA) is 82.5 Å². The monoisotopic (exact) mass is 810 g/mol. The van der Waals surface area contributed by atoms with E-state index in [2.05, 4.69) is 89.1 Å². The predicted molar refractivity (Wildman–Crippen MR) is 187 cm³/mol. The summed E-state index contributed by atoms with van der Waals surface area (Å²) in [6, 6.07) is 35.8. The number of furan rings is 1. The average Bonchev–Trinajstić information content (AvgIpc) is 3.70. The first-order valence-corrected chi connectivity index (χ1v) is 15.6. The Morgan fingerprint density at radius 2 is 1.58 bits per heavy atom. The van der Waals surface area contributed by atoms with Gasteiger partial charge < -0.3 is 14.0 Å². The van der Waals surface area contributed by atoms with Gasteiger partial charge in [0.2, 0.25) is 0 Å². The maximum atomic E-state index is 7.23. The Balaban J connectivity index is 0.000000222. The van der Waals surface area contributed by atoms with Crippen LogP contribution in [-0.4, -0.2) is 29.9 Å². The number of aryl methyl sites for hydroxylation is 1. The molecule has 241 valence electrons. The molecule has 0 saturated carbocycles. The number of hydrogen-bond acceptors (Lipinski definition) is 6. The summed E-state index contributed by atoms with van der Waals surface area (Å²) in [7, 11) is 0. The minimum Gasteiger partial charge on any atom is -0.501 e. The van der Waals surface area contributed by atoms with Crippen molar-refractivity contribution in [2.45, 2.75) is 46.4 Å². The minimum atomic E-state index is -2.09. The van der Waals surface area contributed by atoms with Crippen molar-refractivity contribution in [2.24, 2.45) is 0 Å². The maximum absolute atomic E-state index is 7.23. The van der Waals surface area contributed by atoms with Gasteiger partial charge in [0.25, 0.3) is 0 Å². The van der Waals surface area contributed by atoms with Gasteiger partial charge >= 0.3 is 0 Å². The fraction of sp³-hybridized carbons (Fsp3) is 0.175. The second-order valence-corrected chi connectivity index (χ2v) is 11.9. The van der Waals surface area contributed by atoms with Crippen molar-refractivity contribution in [3.05, 3.63) is 132 Å². The molecular formula is C40H34IrN6O-2. The molecule has 0 spiro atoms. The van der Waals surface area contributed by atoms with Gasteiger partial charge in [-0.2, -0.15) is 0 Å². The molecule has 0 unspecified atom stereocenters. The quantitative estimate of drug-likeness (QED) is 0.161. The molecule has 8 rings (SSSR count). The van der Waals surface area contributed by atoms with Gasteiger partial charge in [-0.3, -0.25) is 4.98 Å². The van der Waals surface area contributed by atoms with E-state index in [0.717, 1.165) is 55.8 Å². The fourth-order valence-electron chi connectivity index (χ4n) is 5.89. The zero-order chi connectivity index (χ0) is 35.0. The standard InChI is InChI=1S/C28H24N5O.C12H10N.Ir/c1-16(2)18-10-7-11-19(17(3)4)25(18)33-23-15-29-32-31-27(23)30-28(33)22-13-8-12-21-20-9-5-6-14-24(20)34-26(21)22;1-10-7-8-12(13-9-10)11-5-3-2-4-6-11;/h5-12,14-17H,1-4H3;2-5,7-9H,1H3;/q2*-1;/i;1D3;. The van der Waals surface area contributed by atoms with Crippen LogP contribution in [0.4, 0.5) is 0 Å². The first-order valence-electron chi connectivity index (χ1n) is 17.1. The Kier molecular flexibility index (Phi) is 8.48. The van der Waals surface area contributed by atoms with E-state index in [-0.39, 0.29) is 25.7 Å². The molecule has 7 nitrogen and oxygen atoms in total. The van der Waals surface area contributed by atoms with Crippen LogP contribution in [0.2, 0.25) is 0 Å². The van der Waals surface area contributed by atoms with Crippen LogP contribution in [0.3, 0.4) is 0 Å². The van der Waals surface area contributed by atoms with Crippen LogP contribution in [0.15, 0.2) is 108 Å². The van der Waals surface area contributed by atoms with Gasteiger partial charge in [0.15, 0.2) is 5.65 Å². The number of hydrogen-bond donors (Lipinski definition) is 0. The molecule has 0 N–H and O–H groups in total. The molecule has 0 aliphatic carbocycles. The molecule has 0 bridgehead atoms. The molecule has 4 aromatic carbocycles. The Hall–Kier alpha value is -5.04. The molecule has 0 aliphatic heterocycles. The predicted octanol–water partition coefficient (Wildman–Crippen LogP) is 9.68. The molecular weight excluding hydrogens is 773 g/mol. The molecule has 4 heterocycles. The van der Waals surface area contributed by atoms with E-state index in [1.807, 2.05) is 48.5 Å². The summed E-state index contributed by atoms with van der Waals surface area (Å²) in [6.45, 7) is 6.77. The van der Waals surface area contributed by atoms with Crippen molar-refractivity contribution in [2.75, 3.05) is 0 Å². The summed E-state index contributed by atoms with van der Waals surface area (Å²) in [5.74, 6) is 1.34. The third kappa shape index (κ3) is 6.17. The van der Waals surface area contributed by atoms with Crippen LogP contribution in [0.5, 0.6) is 0 Å². The molecule has 4 aromatic heterocycles. The average molecular weight is 810 g/mol. The van der Waals surface area contributed by atoms with Gasteiger partial charge in [0.05, 0.1) is 17.6 Å². The van der Waals surface area contributed by atoms with Gasteiger partial charge in [0.1, 0.15) is 11.1 Å². The fourth-order valence-corrected chi connectivity index (χ4v) is 5.89. The molecule has 0 saturated heterocycles. The van der Waals surface area contributed by atoms with Gasteiger partial charge in [0, 0.05) is 41.5 Å². The van der Waals surface area contributed by atoms with Gasteiger partial charge in [-0.25, -0.2) is 0 Å². The van der Waals surface area contributed by atoms with E-state index < -0.39 is 6.85 Å². The minimum absolute atomic E-state index is 0. The Morgan fingerprint density at radius 1 is 0.792 bits per heavy atom. The smallest absolute Gasteiger partial charge is 0.194 e. The van der Waals surface area contributed by atoms with Crippen molar-refractivity contribution in [3.63, 3.8) is 0 Å². The number of pyridine rings is 1. The van der Waals surface area contributed by atoms with E-state index in [1.54, 1.807) is 24.4 Å². The van der Waals surface area contributed by atoms with E-state index in [1.165, 1.54) is 17.3 Å². The molecule has 48 heavy (non-hydrogen) atoms. The third-order valence-electron chi connectivity index (χ3n) is 8.14. The molecule has 8 aromatic rings. The van der Waals surface area contributed by atoms with Crippen molar-refractivity contribution in [1.29, 1.82) is 0 Å². The van der Waals surface area contributed by atoms with Crippen molar-refractivity contribution in [1.82, 2.24) is 29.9 Å². The summed E-state index contributed by atoms with van der Waals surface area (Å²) < 4.78 is 30.2. The van der Waals surface area contributed by atoms with Crippen LogP contribution in [0, 0.1) is 19.0 Å². The summed E-state index contributed by atoms with van der Waals surface area (Å²) in [6.07, 6.45) is 3.13. The summed E-state index contributed by atoms with van der Waals surface area (Å²) in [4.78, 5) is 9.06. The molecule has 0 aliphatic rings. The second kappa shape index (κ2) is 14.0. The SMILES string of the molecule is CC(C)c1cccc(C(C)C)c1-n1c(-c2[c-]ccc3c2oc2ccccc23)nc2nnncc21.[2H]C([2H])([2H])c1ccc(-c2[c-]cccc2)nc1.[Ir]. The number of imidazole rings is 1. The van der Waals surface area contributed by atoms with Crippen LogP contribution in [-0.2, 0) is 20.1 Å². The summed E-state index contributed by atoms with van der Waals surface area (Å²) >= 11 is 0. The molecule has 1 radical (unpaired) electrons. The Morgan fingerprint density at radius 3 is 2.29 bits per heavy atom. The Labute approximate surface area is 297 Å². The molecule has 0 amide bonds. The van der Waals surface area contributed by atoms with Crippen molar-refractivity contribution >= 4 is 33.1 Å². The zero-order valence-corrected chi connectivity index (χ0v) is 29.3. The first-order chi connectivity index (χ1) is 24.1. The molecule has 0 fully saturated rings. The van der Waals surface area contributed by atoms with Gasteiger partial charge in [-0.1, -0.05) is 87.2 Å². The number of para-hydroxylation sites is 2. The van der Waals surface area contributed by atoms with E-state index in [9.17, 15) is 0 Å². The van der Waals surface area contributed by atoms with E-state index in [4.69, 9.17) is 13.5 Å². The maximum Gasteiger partial charge on any atom is 0.194 e. The van der Waals surface area contributed by atoms with Crippen LogP contribution in [0.25, 0.3) is 61.4 Å². The number of fused-ring (bicyclic) bond motifs is 4. The molecule has 8 heteroatoms. The zero-order valence-electron chi connectivity index (χ0n) is 29.9. The van der Waals surface area contributed by atoms with Gasteiger partial charge in [-0.15, -0.1) is 64.3 Å². The van der Waals surface area contributed by atoms with Crippen LogP contribution >= 0.6 is 0 Å². The molecule has 0 atom stereocenters. The number of rotatable bonds is 5. The van der Waals surface area contributed by atoms with Gasteiger partial charge in [-0.05, 0) is 52.4 Å². The largest absolute Gasteiger partial charge is 0.501 e. The van der Waals surface area contributed by atoms with Crippen LogP contribution < -0.4 is 0 Å². The van der Waals surface area contributed by atoms with Crippen LogP contribution in [0.1, 0.15) is 60.3 Å². The first kappa shape index (κ1) is 29.1. The summed E-state index contributed by atoms with van der Waals surface area (Å²) in [5, 5.41) is 14.3. The number of aromatic nitrogens is 6. The summed E-state index contributed by atoms with van der Waals surface area (Å²) in [5.41, 5.74) is 9.17. The van der Waals surface area contributed by atoms with E-state index >= 15 is 0 Å². The third-order valence-corrected chi connectivity index (χ3v) is 8.14. The van der Waals surface area contributed by atoms with Crippen molar-refractivity contribution in [3.8, 4) is 28.3 Å². The Bertz CT molecular complexity index is 2410. The second-order valence-electron chi connectivity index (χ2n) is 11.9. The number of benzene rings is 4. The number of nitrogens with zero attached hydrogens (tertiary/aromatic N) is 6. The van der Waals surface area contributed by atoms with E-state index in [0.29, 0.717) is 17.5 Å².